The van der Waals surface area contributed by atoms with Crippen LogP contribution in [0.5, 0.6) is 0 Å². The van der Waals surface area contributed by atoms with Crippen LogP contribution in [0.1, 0.15) is 117 Å². The summed E-state index contributed by atoms with van der Waals surface area (Å²) in [5.41, 5.74) is 10.1. The largest absolute Gasteiger partial charge is 0.394 e. The highest BCUT2D eigenvalue weighted by molar-refractivity contribution is 6.09. The Kier molecular flexibility index (Phi) is 9.60. The highest BCUT2D eigenvalue weighted by atomic mass is 19.1. The summed E-state index contributed by atoms with van der Waals surface area (Å²) in [6.07, 6.45) is 13.9. The quantitative estimate of drug-likeness (QED) is 0.286. The first-order chi connectivity index (χ1) is 18.5. The first kappa shape index (κ1) is 29.8. The number of halogens is 1. The summed E-state index contributed by atoms with van der Waals surface area (Å²) in [4.78, 5) is 19.3. The molecule has 3 saturated carbocycles. The third-order valence-electron chi connectivity index (χ3n) is 9.62. The molecular weight excluding hydrogens is 485 g/mol. The molecule has 1 aromatic rings. The number of hydrogen-bond acceptors (Lipinski definition) is 3. The number of carbonyl (C=O) groups is 1. The topological polar surface area (TPSA) is 67.5 Å². The molecule has 3 aliphatic carbocycles. The Balaban J connectivity index is 1.68. The summed E-state index contributed by atoms with van der Waals surface area (Å²) in [5.74, 6) is 0.467. The Bertz CT molecular complexity index is 1060. The summed E-state index contributed by atoms with van der Waals surface area (Å²) in [5, 5.41) is 3.45. The van der Waals surface area contributed by atoms with Crippen LogP contribution in [-0.4, -0.2) is 23.7 Å². The van der Waals surface area contributed by atoms with Crippen molar-refractivity contribution >= 4 is 11.6 Å². The fraction of sp³-hybridized carbons (Fsp3) is 0.706. The molecule has 0 saturated heterocycles. The molecule has 4 atom stereocenters. The lowest BCUT2D eigenvalue weighted by molar-refractivity contribution is -0.120. The molecule has 0 spiro atoms. The number of carbonyl (C=O) groups excluding carboxylic acids is 1. The van der Waals surface area contributed by atoms with Crippen LogP contribution in [0.4, 0.5) is 4.39 Å². The van der Waals surface area contributed by atoms with E-state index in [4.69, 9.17) is 10.7 Å². The van der Waals surface area contributed by atoms with E-state index in [1.807, 2.05) is 6.07 Å². The van der Waals surface area contributed by atoms with E-state index in [-0.39, 0.29) is 40.6 Å². The summed E-state index contributed by atoms with van der Waals surface area (Å²) in [7, 11) is 0. The number of allylic oxidation sites excluding steroid dienone is 1. The molecule has 3 aliphatic rings. The van der Waals surface area contributed by atoms with Crippen LogP contribution in [0.2, 0.25) is 0 Å². The first-order valence-electron chi connectivity index (χ1n) is 15.6. The minimum absolute atomic E-state index is 0.0363. The van der Waals surface area contributed by atoms with E-state index in [1.54, 1.807) is 12.1 Å². The predicted molar refractivity (Wildman–Crippen MR) is 160 cm³/mol. The number of nitrogens with two attached hydrogens (primary N) is 1. The van der Waals surface area contributed by atoms with E-state index in [9.17, 15) is 9.18 Å². The Hall–Kier alpha value is -2.17. The van der Waals surface area contributed by atoms with Crippen molar-refractivity contribution in [2.75, 3.05) is 0 Å². The van der Waals surface area contributed by atoms with E-state index in [0.717, 1.165) is 74.6 Å². The molecule has 3 fully saturated rings. The Morgan fingerprint density at radius 3 is 2.49 bits per heavy atom. The Morgan fingerprint density at radius 1 is 1.13 bits per heavy atom. The van der Waals surface area contributed by atoms with Gasteiger partial charge in [0.15, 0.2) is 0 Å². The van der Waals surface area contributed by atoms with Crippen molar-refractivity contribution in [3.63, 3.8) is 0 Å². The average Bonchev–Trinajstić information content (AvgIpc) is 3.11. The lowest BCUT2D eigenvalue weighted by Crippen LogP contribution is -2.54. The molecule has 1 amide bonds. The van der Waals surface area contributed by atoms with Crippen LogP contribution in [-0.2, 0) is 11.2 Å². The number of amides is 1. The van der Waals surface area contributed by atoms with Crippen molar-refractivity contribution in [2.24, 2.45) is 33.4 Å². The average molecular weight is 538 g/mol. The maximum absolute atomic E-state index is 14.1. The maximum Gasteiger partial charge on any atom is 0.267 e. The van der Waals surface area contributed by atoms with Crippen LogP contribution < -0.4 is 11.1 Å². The van der Waals surface area contributed by atoms with Crippen LogP contribution in [0.25, 0.3) is 0 Å². The van der Waals surface area contributed by atoms with Gasteiger partial charge in [0.25, 0.3) is 5.91 Å². The van der Waals surface area contributed by atoms with Gasteiger partial charge in [0.1, 0.15) is 11.5 Å². The van der Waals surface area contributed by atoms with Gasteiger partial charge in [0.05, 0.1) is 6.04 Å². The second-order valence-corrected chi connectivity index (χ2v) is 14.2. The van der Waals surface area contributed by atoms with Gasteiger partial charge in [-0.1, -0.05) is 78.9 Å². The van der Waals surface area contributed by atoms with Crippen molar-refractivity contribution in [1.82, 2.24) is 5.32 Å². The molecule has 3 unspecified atom stereocenters. The Labute approximate surface area is 236 Å². The Morgan fingerprint density at radius 2 is 1.85 bits per heavy atom. The zero-order valence-corrected chi connectivity index (χ0v) is 25.1. The lowest BCUT2D eigenvalue weighted by Gasteiger charge is -2.43. The molecule has 39 heavy (non-hydrogen) atoms. The molecule has 0 heterocycles. The molecule has 0 aromatic heterocycles. The third kappa shape index (κ3) is 7.52. The van der Waals surface area contributed by atoms with Crippen molar-refractivity contribution in [2.45, 2.75) is 130 Å². The zero-order chi connectivity index (χ0) is 28.2. The van der Waals surface area contributed by atoms with E-state index in [0.29, 0.717) is 11.6 Å². The van der Waals surface area contributed by atoms with Crippen molar-refractivity contribution in [3.8, 4) is 0 Å². The SMILES string of the molecule is CC1CCC(C)([C@H](NC(=O)/C(N)=C2\CCCCC(Cc3cccc(F)c3)C2=NC2CCCCC2)C(C)(C)C)C1. The number of aliphatic imine (C=N–C) groups is 1. The van der Waals surface area contributed by atoms with E-state index >= 15 is 0 Å². The van der Waals surface area contributed by atoms with Gasteiger partial charge in [-0.05, 0) is 85.8 Å². The van der Waals surface area contributed by atoms with Crippen LogP contribution in [0.15, 0.2) is 40.5 Å². The second-order valence-electron chi connectivity index (χ2n) is 14.2. The van der Waals surface area contributed by atoms with E-state index in [1.165, 1.54) is 31.7 Å². The maximum atomic E-state index is 14.1. The van der Waals surface area contributed by atoms with Gasteiger partial charge in [-0.15, -0.1) is 0 Å². The first-order valence-corrected chi connectivity index (χ1v) is 15.6. The molecular formula is C34H52FN3O. The van der Waals surface area contributed by atoms with E-state index in [2.05, 4.69) is 39.9 Å². The number of hydrogen-bond donors (Lipinski definition) is 2. The summed E-state index contributed by atoms with van der Waals surface area (Å²) in [6.45, 7) is 11.3. The van der Waals surface area contributed by atoms with Crippen molar-refractivity contribution in [1.29, 1.82) is 0 Å². The minimum atomic E-state index is -0.204. The molecule has 0 aliphatic heterocycles. The van der Waals surface area contributed by atoms with Gasteiger partial charge in [0, 0.05) is 23.2 Å². The summed E-state index contributed by atoms with van der Waals surface area (Å²) < 4.78 is 14.1. The van der Waals surface area contributed by atoms with Crippen LogP contribution >= 0.6 is 0 Å². The van der Waals surface area contributed by atoms with E-state index < -0.39 is 0 Å². The number of nitrogens with zero attached hydrogens (tertiary/aromatic N) is 1. The highest BCUT2D eigenvalue weighted by Crippen LogP contribution is 2.48. The van der Waals surface area contributed by atoms with Crippen molar-refractivity contribution in [3.05, 3.63) is 46.9 Å². The summed E-state index contributed by atoms with van der Waals surface area (Å²) in [6, 6.07) is 7.25. The summed E-state index contributed by atoms with van der Waals surface area (Å²) >= 11 is 0. The fourth-order valence-electron chi connectivity index (χ4n) is 7.83. The fourth-order valence-corrected chi connectivity index (χ4v) is 7.83. The van der Waals surface area contributed by atoms with Crippen molar-refractivity contribution < 1.29 is 9.18 Å². The third-order valence-corrected chi connectivity index (χ3v) is 9.62. The minimum Gasteiger partial charge on any atom is -0.394 e. The van der Waals surface area contributed by atoms with Crippen LogP contribution in [0, 0.1) is 28.5 Å². The van der Waals surface area contributed by atoms with Crippen LogP contribution in [0.3, 0.4) is 0 Å². The number of nitrogens with one attached hydrogen (secondary N) is 1. The number of benzene rings is 1. The molecule has 5 heteroatoms. The molecule has 0 bridgehead atoms. The number of rotatable bonds is 6. The highest BCUT2D eigenvalue weighted by Gasteiger charge is 2.46. The molecule has 4 rings (SSSR count). The molecule has 216 valence electrons. The molecule has 0 radical (unpaired) electrons. The normalized spacial score (nSPS) is 30.2. The zero-order valence-electron chi connectivity index (χ0n) is 25.1. The lowest BCUT2D eigenvalue weighted by atomic mass is 9.68. The smallest absolute Gasteiger partial charge is 0.267 e. The second kappa shape index (κ2) is 12.6. The molecule has 1 aromatic carbocycles. The van der Waals surface area contributed by atoms with Gasteiger partial charge in [-0.25, -0.2) is 4.39 Å². The molecule has 3 N–H and O–H groups in total. The van der Waals surface area contributed by atoms with Gasteiger partial charge < -0.3 is 11.1 Å². The standard InChI is InChI=1S/C34H52FN3O/c1-23-18-19-34(5,22-23)32(33(2,3)4)38-31(39)29(36)28-17-10-9-13-25(20-24-12-11-14-26(35)21-24)30(28)37-27-15-7-6-8-16-27/h11-12,14,21,23,25,27,32H,6-10,13,15-20,22,36H2,1-5H3,(H,38,39)/b29-28-,37-30?/t23?,25?,32-,34?/m1/s1. The van der Waals surface area contributed by atoms with Gasteiger partial charge in [-0.2, -0.15) is 0 Å². The van der Waals surface area contributed by atoms with Gasteiger partial charge in [-0.3, -0.25) is 9.79 Å². The van der Waals surface area contributed by atoms with Gasteiger partial charge >= 0.3 is 0 Å². The monoisotopic (exact) mass is 537 g/mol. The molecule has 4 nitrogen and oxygen atoms in total. The van der Waals surface area contributed by atoms with Gasteiger partial charge in [0.2, 0.25) is 0 Å². The predicted octanol–water partition coefficient (Wildman–Crippen LogP) is 7.90.